The summed E-state index contributed by atoms with van der Waals surface area (Å²) in [4.78, 5) is 15.4. The van der Waals surface area contributed by atoms with Crippen molar-refractivity contribution in [2.24, 2.45) is 11.3 Å². The van der Waals surface area contributed by atoms with E-state index in [0.29, 0.717) is 17.2 Å². The summed E-state index contributed by atoms with van der Waals surface area (Å²) in [6.45, 7) is 7.04. The molecule has 0 saturated heterocycles. The van der Waals surface area contributed by atoms with Crippen LogP contribution in [0.25, 0.3) is 0 Å². The predicted octanol–water partition coefficient (Wildman–Crippen LogP) is 2.94. The highest BCUT2D eigenvalue weighted by Crippen LogP contribution is 2.51. The van der Waals surface area contributed by atoms with E-state index in [-0.39, 0.29) is 5.56 Å². The summed E-state index contributed by atoms with van der Waals surface area (Å²) in [6.07, 6.45) is 4.08. The van der Waals surface area contributed by atoms with Gasteiger partial charge < -0.3 is 10.4 Å². The van der Waals surface area contributed by atoms with Crippen LogP contribution in [0.15, 0.2) is 12.3 Å². The van der Waals surface area contributed by atoms with Gasteiger partial charge in [0.25, 0.3) is 0 Å². The van der Waals surface area contributed by atoms with Crippen molar-refractivity contribution >= 4 is 11.8 Å². The molecule has 0 spiro atoms. The number of aromatic carboxylic acids is 1. The number of hydrogen-bond acceptors (Lipinski definition) is 3. The maximum absolute atomic E-state index is 11.2. The van der Waals surface area contributed by atoms with Crippen LogP contribution in [0.1, 0.15) is 42.6 Å². The lowest BCUT2D eigenvalue weighted by molar-refractivity contribution is 0.0696. The normalized spacial score (nSPS) is 16.7. The van der Waals surface area contributed by atoms with Crippen LogP contribution in [-0.4, -0.2) is 22.6 Å². The maximum atomic E-state index is 11.2. The molecule has 1 fully saturated rings. The van der Waals surface area contributed by atoms with Crippen molar-refractivity contribution in [2.45, 2.75) is 33.6 Å². The third-order valence-electron chi connectivity index (χ3n) is 4.10. The molecule has 1 aliphatic carbocycles. The standard InChI is InChI=1S/C14H20N2O2/c1-9(2)14(5-6-14)8-16-12-11(13(17)18)10(3)4-7-15-12/h4,7,9H,5-6,8H2,1-3H3,(H,15,16)(H,17,18). The van der Waals surface area contributed by atoms with Gasteiger partial charge in [0.1, 0.15) is 11.4 Å². The van der Waals surface area contributed by atoms with Crippen molar-refractivity contribution in [1.29, 1.82) is 0 Å². The smallest absolute Gasteiger partial charge is 0.339 e. The first-order valence-corrected chi connectivity index (χ1v) is 6.39. The van der Waals surface area contributed by atoms with Crippen molar-refractivity contribution in [1.82, 2.24) is 4.98 Å². The van der Waals surface area contributed by atoms with Crippen LogP contribution >= 0.6 is 0 Å². The Morgan fingerprint density at radius 3 is 2.72 bits per heavy atom. The van der Waals surface area contributed by atoms with E-state index in [0.717, 1.165) is 12.1 Å². The number of nitrogens with one attached hydrogen (secondary N) is 1. The van der Waals surface area contributed by atoms with E-state index in [1.54, 1.807) is 19.2 Å². The van der Waals surface area contributed by atoms with Gasteiger partial charge in [0.15, 0.2) is 0 Å². The van der Waals surface area contributed by atoms with Crippen molar-refractivity contribution in [2.75, 3.05) is 11.9 Å². The van der Waals surface area contributed by atoms with Gasteiger partial charge in [0, 0.05) is 12.7 Å². The molecule has 1 heterocycles. The van der Waals surface area contributed by atoms with Gasteiger partial charge in [-0.2, -0.15) is 0 Å². The van der Waals surface area contributed by atoms with Crippen molar-refractivity contribution in [3.8, 4) is 0 Å². The third-order valence-corrected chi connectivity index (χ3v) is 4.10. The molecule has 1 saturated carbocycles. The average Bonchev–Trinajstić information content (AvgIpc) is 3.06. The maximum Gasteiger partial charge on any atom is 0.339 e. The molecule has 4 nitrogen and oxygen atoms in total. The minimum absolute atomic E-state index is 0.289. The quantitative estimate of drug-likeness (QED) is 0.841. The van der Waals surface area contributed by atoms with Crippen LogP contribution in [0.4, 0.5) is 5.82 Å². The summed E-state index contributed by atoms with van der Waals surface area (Å²) in [6, 6.07) is 1.73. The second-order valence-corrected chi connectivity index (χ2v) is 5.53. The second kappa shape index (κ2) is 4.59. The molecule has 18 heavy (non-hydrogen) atoms. The number of carbonyl (C=O) groups is 1. The number of aromatic nitrogens is 1. The molecule has 0 aliphatic heterocycles. The first kappa shape index (κ1) is 12.9. The van der Waals surface area contributed by atoms with E-state index in [9.17, 15) is 9.90 Å². The number of nitrogens with zero attached hydrogens (tertiary/aromatic N) is 1. The summed E-state index contributed by atoms with van der Waals surface area (Å²) in [5, 5.41) is 12.4. The number of aryl methyl sites for hydroxylation is 1. The summed E-state index contributed by atoms with van der Waals surface area (Å²) in [5.41, 5.74) is 1.37. The molecule has 0 amide bonds. The Labute approximate surface area is 107 Å². The Morgan fingerprint density at radius 1 is 1.56 bits per heavy atom. The van der Waals surface area contributed by atoms with E-state index in [1.807, 2.05) is 0 Å². The zero-order chi connectivity index (χ0) is 13.3. The highest BCUT2D eigenvalue weighted by molar-refractivity contribution is 5.94. The molecule has 1 aliphatic rings. The topological polar surface area (TPSA) is 62.2 Å². The Balaban J connectivity index is 2.15. The van der Waals surface area contributed by atoms with Crippen LogP contribution in [-0.2, 0) is 0 Å². The molecule has 2 N–H and O–H groups in total. The Hall–Kier alpha value is -1.58. The predicted molar refractivity (Wildman–Crippen MR) is 70.9 cm³/mol. The molecular formula is C14H20N2O2. The van der Waals surface area contributed by atoms with E-state index >= 15 is 0 Å². The molecule has 0 radical (unpaired) electrons. The van der Waals surface area contributed by atoms with Gasteiger partial charge in [-0.25, -0.2) is 9.78 Å². The number of pyridine rings is 1. The van der Waals surface area contributed by atoms with Gasteiger partial charge in [-0.3, -0.25) is 0 Å². The zero-order valence-corrected chi connectivity index (χ0v) is 11.2. The molecule has 0 unspecified atom stereocenters. The minimum atomic E-state index is -0.919. The lowest BCUT2D eigenvalue weighted by Gasteiger charge is -2.21. The van der Waals surface area contributed by atoms with E-state index in [1.165, 1.54) is 12.8 Å². The summed E-state index contributed by atoms with van der Waals surface area (Å²) >= 11 is 0. The molecule has 1 aromatic rings. The first-order chi connectivity index (χ1) is 8.46. The first-order valence-electron chi connectivity index (χ1n) is 6.39. The Kier molecular flexibility index (Phi) is 3.28. The number of hydrogen-bond donors (Lipinski definition) is 2. The largest absolute Gasteiger partial charge is 0.478 e. The minimum Gasteiger partial charge on any atom is -0.478 e. The lowest BCUT2D eigenvalue weighted by Crippen LogP contribution is -2.22. The molecule has 4 heteroatoms. The number of anilines is 1. The number of rotatable bonds is 5. The number of carboxylic acid groups (broad SMARTS) is 1. The molecule has 0 aromatic carbocycles. The number of carboxylic acids is 1. The zero-order valence-electron chi connectivity index (χ0n) is 11.2. The van der Waals surface area contributed by atoms with Crippen LogP contribution < -0.4 is 5.32 Å². The van der Waals surface area contributed by atoms with Crippen molar-refractivity contribution in [3.05, 3.63) is 23.4 Å². The van der Waals surface area contributed by atoms with Gasteiger partial charge in [-0.15, -0.1) is 0 Å². The van der Waals surface area contributed by atoms with Gasteiger partial charge in [0.2, 0.25) is 0 Å². The molecule has 98 valence electrons. The SMILES string of the molecule is Cc1ccnc(NCC2(C(C)C)CC2)c1C(=O)O. The summed E-state index contributed by atoms with van der Waals surface area (Å²) in [5.74, 6) is 0.190. The summed E-state index contributed by atoms with van der Waals surface area (Å²) in [7, 11) is 0. The fraction of sp³-hybridized carbons (Fsp3) is 0.571. The molecule has 1 aromatic heterocycles. The summed E-state index contributed by atoms with van der Waals surface area (Å²) < 4.78 is 0. The highest BCUT2D eigenvalue weighted by atomic mass is 16.4. The van der Waals surface area contributed by atoms with Crippen LogP contribution in [0.5, 0.6) is 0 Å². The monoisotopic (exact) mass is 248 g/mol. The second-order valence-electron chi connectivity index (χ2n) is 5.53. The Morgan fingerprint density at radius 2 is 2.22 bits per heavy atom. The fourth-order valence-electron chi connectivity index (χ4n) is 2.34. The average molecular weight is 248 g/mol. The van der Waals surface area contributed by atoms with Crippen LogP contribution in [0.2, 0.25) is 0 Å². The lowest BCUT2D eigenvalue weighted by atomic mass is 9.92. The molecule has 0 bridgehead atoms. The fourth-order valence-corrected chi connectivity index (χ4v) is 2.34. The van der Waals surface area contributed by atoms with Crippen molar-refractivity contribution < 1.29 is 9.90 Å². The van der Waals surface area contributed by atoms with Gasteiger partial charge in [-0.1, -0.05) is 13.8 Å². The van der Waals surface area contributed by atoms with Crippen LogP contribution in [0.3, 0.4) is 0 Å². The Bertz CT molecular complexity index is 465. The van der Waals surface area contributed by atoms with Gasteiger partial charge in [-0.05, 0) is 42.7 Å². The van der Waals surface area contributed by atoms with E-state index < -0.39 is 5.97 Å². The van der Waals surface area contributed by atoms with Crippen LogP contribution in [0, 0.1) is 18.3 Å². The van der Waals surface area contributed by atoms with Gasteiger partial charge in [0.05, 0.1) is 0 Å². The molecule has 2 rings (SSSR count). The molecular weight excluding hydrogens is 228 g/mol. The molecule has 0 atom stereocenters. The van der Waals surface area contributed by atoms with Crippen molar-refractivity contribution in [3.63, 3.8) is 0 Å². The van der Waals surface area contributed by atoms with Gasteiger partial charge >= 0.3 is 5.97 Å². The van der Waals surface area contributed by atoms with E-state index in [2.05, 4.69) is 24.1 Å². The highest BCUT2D eigenvalue weighted by Gasteiger charge is 2.45. The third kappa shape index (κ3) is 2.33. The van der Waals surface area contributed by atoms with E-state index in [4.69, 9.17) is 0 Å².